The summed E-state index contributed by atoms with van der Waals surface area (Å²) in [6, 6.07) is 12.0. The molecule has 0 aromatic heterocycles. The van der Waals surface area contributed by atoms with Gasteiger partial charge in [0.1, 0.15) is 0 Å². The van der Waals surface area contributed by atoms with Crippen LogP contribution in [0.25, 0.3) is 0 Å². The molecule has 0 aliphatic carbocycles. The van der Waals surface area contributed by atoms with Gasteiger partial charge >= 0.3 is 22.4 Å². The van der Waals surface area contributed by atoms with Gasteiger partial charge in [-0.2, -0.15) is 0 Å². The summed E-state index contributed by atoms with van der Waals surface area (Å²) >= 11 is 0. The van der Waals surface area contributed by atoms with E-state index >= 15 is 0 Å². The molecule has 0 saturated carbocycles. The van der Waals surface area contributed by atoms with Crippen molar-refractivity contribution in [2.24, 2.45) is 0 Å². The molecule has 72 valence electrons. The molecule has 0 unspecified atom stereocenters. The molecule has 0 atom stereocenters. The minimum Gasteiger partial charge on any atom is -0.222 e. The topological polar surface area (TPSA) is 92.2 Å². The van der Waals surface area contributed by atoms with Gasteiger partial charge in [-0.3, -0.25) is 0 Å². The molecule has 0 amide bonds. The molecule has 6 heteroatoms. The Balaban J connectivity index is 0. The number of hydrogen-bond donors (Lipinski definition) is 0. The van der Waals surface area contributed by atoms with Gasteiger partial charge in [-0.15, -0.1) is 10.2 Å². The summed E-state index contributed by atoms with van der Waals surface area (Å²) in [6.07, 6.45) is 0. The van der Waals surface area contributed by atoms with Crippen molar-refractivity contribution in [1.82, 2.24) is 0 Å². The maximum atomic E-state index is 8.49. The van der Waals surface area contributed by atoms with Crippen molar-refractivity contribution in [3.8, 4) is 0 Å². The van der Waals surface area contributed by atoms with Crippen molar-refractivity contribution in [1.29, 1.82) is 0 Å². The van der Waals surface area contributed by atoms with Crippen molar-refractivity contribution < 1.29 is 51.3 Å². The molecule has 0 aliphatic heterocycles. The second-order valence-electron chi connectivity index (χ2n) is 1.53. The van der Waals surface area contributed by atoms with Gasteiger partial charge in [-0.25, -0.2) is 18.6 Å². The van der Waals surface area contributed by atoms with Gasteiger partial charge in [0.2, 0.25) is 0 Å². The maximum Gasteiger partial charge on any atom is 1.00 e. The molecule has 1 rings (SSSR count). The first kappa shape index (κ1) is 14.6. The molecule has 0 N–H and O–H groups in total. The molecule has 1 aromatic rings. The Morgan fingerprint density at radius 2 is 0.667 bits per heavy atom. The van der Waals surface area contributed by atoms with Crippen LogP contribution in [-0.4, -0.2) is 0 Å². The van der Waals surface area contributed by atoms with Gasteiger partial charge in [0.25, 0.3) is 0 Å². The average molecular weight is 285 g/mol. The minimum atomic E-state index is -4.94. The predicted molar refractivity (Wildman–Crippen MR) is 26.4 cm³/mol. The van der Waals surface area contributed by atoms with Crippen LogP contribution in [-0.2, 0) is 22.4 Å². The van der Waals surface area contributed by atoms with Gasteiger partial charge in [-0.05, 0) is 0 Å². The molecular weight excluding hydrogens is 279 g/mol. The van der Waals surface area contributed by atoms with E-state index in [1.807, 2.05) is 36.4 Å². The molecular formula is C6H6AgClO4. The van der Waals surface area contributed by atoms with Crippen LogP contribution in [0.2, 0.25) is 0 Å². The summed E-state index contributed by atoms with van der Waals surface area (Å²) < 4.78 is 34.0. The zero-order valence-electron chi connectivity index (χ0n) is 5.78. The first-order valence-electron chi connectivity index (χ1n) is 2.62. The number of rotatable bonds is 0. The number of hydrogen-bond acceptors (Lipinski definition) is 4. The van der Waals surface area contributed by atoms with Gasteiger partial charge < -0.3 is 0 Å². The normalized spacial score (nSPS) is 9.00. The minimum absolute atomic E-state index is 0. The van der Waals surface area contributed by atoms with Crippen LogP contribution in [0.5, 0.6) is 0 Å². The van der Waals surface area contributed by atoms with Crippen molar-refractivity contribution in [2.75, 3.05) is 0 Å². The van der Waals surface area contributed by atoms with E-state index in [0.717, 1.165) is 0 Å². The Bertz CT molecular complexity index is 144. The molecule has 4 nitrogen and oxygen atoms in total. The van der Waals surface area contributed by atoms with Gasteiger partial charge in [-0.1, -0.05) is 36.4 Å². The molecule has 12 heavy (non-hydrogen) atoms. The summed E-state index contributed by atoms with van der Waals surface area (Å²) in [7, 11) is -4.94. The van der Waals surface area contributed by atoms with Crippen LogP contribution < -0.4 is 18.6 Å². The van der Waals surface area contributed by atoms with E-state index in [0.29, 0.717) is 0 Å². The van der Waals surface area contributed by atoms with Crippen LogP contribution in [0.1, 0.15) is 0 Å². The largest absolute Gasteiger partial charge is 1.00 e. The number of benzene rings is 1. The van der Waals surface area contributed by atoms with E-state index < -0.39 is 10.2 Å². The van der Waals surface area contributed by atoms with Crippen molar-refractivity contribution in [3.63, 3.8) is 0 Å². The SMILES string of the molecule is [Ag+].[O-][Cl+3]([O-])([O-])[O-].c1ccccc1. The zero-order chi connectivity index (χ0) is 8.74. The molecule has 0 saturated heterocycles. The summed E-state index contributed by atoms with van der Waals surface area (Å²) in [4.78, 5) is 0. The van der Waals surface area contributed by atoms with Crippen molar-refractivity contribution in [2.45, 2.75) is 0 Å². The first-order chi connectivity index (χ1) is 5.00. The van der Waals surface area contributed by atoms with E-state index in [-0.39, 0.29) is 22.4 Å². The predicted octanol–water partition coefficient (Wildman–Crippen LogP) is -3.07. The van der Waals surface area contributed by atoms with Crippen molar-refractivity contribution >= 4 is 0 Å². The monoisotopic (exact) mass is 284 g/mol. The second kappa shape index (κ2) is 7.72. The summed E-state index contributed by atoms with van der Waals surface area (Å²) in [6.45, 7) is 0. The molecule has 0 bridgehead atoms. The Labute approximate surface area is 87.7 Å². The van der Waals surface area contributed by atoms with Gasteiger partial charge in [0.15, 0.2) is 0 Å². The molecule has 0 fully saturated rings. The Morgan fingerprint density at radius 1 is 0.583 bits per heavy atom. The van der Waals surface area contributed by atoms with E-state index in [2.05, 4.69) is 0 Å². The Morgan fingerprint density at radius 3 is 0.750 bits per heavy atom. The second-order valence-corrected chi connectivity index (χ2v) is 2.29. The summed E-state index contributed by atoms with van der Waals surface area (Å²) in [5, 5.41) is 0. The fraction of sp³-hybridized carbons (Fsp3) is 0. The van der Waals surface area contributed by atoms with E-state index in [1.54, 1.807) is 0 Å². The quantitative estimate of drug-likeness (QED) is 0.473. The summed E-state index contributed by atoms with van der Waals surface area (Å²) in [5.41, 5.74) is 0. The molecule has 0 aliphatic rings. The van der Waals surface area contributed by atoms with Crippen molar-refractivity contribution in [3.05, 3.63) is 36.4 Å². The van der Waals surface area contributed by atoms with Gasteiger partial charge in [0, 0.05) is 0 Å². The maximum absolute atomic E-state index is 8.49. The third kappa shape index (κ3) is 22.5. The van der Waals surface area contributed by atoms with Crippen LogP contribution in [0, 0.1) is 10.2 Å². The average Bonchev–Trinajstić information content (AvgIpc) is 1.88. The fourth-order valence-corrected chi connectivity index (χ4v) is 0.385. The number of halogens is 1. The third-order valence-corrected chi connectivity index (χ3v) is 0.667. The smallest absolute Gasteiger partial charge is 0.222 e. The van der Waals surface area contributed by atoms with E-state index in [4.69, 9.17) is 18.6 Å². The van der Waals surface area contributed by atoms with Crippen LogP contribution in [0.4, 0.5) is 0 Å². The molecule has 1 aromatic carbocycles. The zero-order valence-corrected chi connectivity index (χ0v) is 8.01. The van der Waals surface area contributed by atoms with Crippen LogP contribution in [0.3, 0.4) is 0 Å². The first-order valence-corrected chi connectivity index (χ1v) is 3.85. The Hall–Kier alpha value is 0.0903. The fourth-order valence-electron chi connectivity index (χ4n) is 0.385. The van der Waals surface area contributed by atoms with Gasteiger partial charge in [0.05, 0.1) is 0 Å². The standard InChI is InChI=1S/C6H6.Ag.ClHO4/c1-2-4-6-5-3-1;;2-1(3,4)5/h1-6H;;(H,2,3,4,5)/q;+1;/p-1. The van der Waals surface area contributed by atoms with Crippen LogP contribution in [0.15, 0.2) is 36.4 Å². The van der Waals surface area contributed by atoms with E-state index in [1.165, 1.54) is 0 Å². The third-order valence-electron chi connectivity index (χ3n) is 0.667. The van der Waals surface area contributed by atoms with E-state index in [9.17, 15) is 0 Å². The molecule has 0 spiro atoms. The summed E-state index contributed by atoms with van der Waals surface area (Å²) in [5.74, 6) is 0. The molecule has 0 heterocycles. The molecule has 0 radical (unpaired) electrons. The Kier molecular flexibility index (Phi) is 9.40. The van der Waals surface area contributed by atoms with Crippen LogP contribution >= 0.6 is 0 Å².